The molecule has 1 unspecified atom stereocenters. The molecular weight excluding hydrogens is 520 g/mol. The van der Waals surface area contributed by atoms with E-state index in [1.807, 2.05) is 64.1 Å². The summed E-state index contributed by atoms with van der Waals surface area (Å²) in [7, 11) is 6.30. The van der Waals surface area contributed by atoms with Gasteiger partial charge < -0.3 is 18.9 Å². The maximum Gasteiger partial charge on any atom is 0.161 e. The fourth-order valence-electron chi connectivity index (χ4n) is 5.53. The van der Waals surface area contributed by atoms with Gasteiger partial charge in [-0.05, 0) is 72.9 Å². The van der Waals surface area contributed by atoms with Gasteiger partial charge in [-0.1, -0.05) is 39.8 Å². The van der Waals surface area contributed by atoms with E-state index < -0.39 is 10.8 Å². The molecule has 2 atom stereocenters. The van der Waals surface area contributed by atoms with E-state index in [-0.39, 0.29) is 11.8 Å². The molecule has 0 bridgehead atoms. The Morgan fingerprint density at radius 1 is 0.707 bits per heavy atom. The SMILES string of the molecule is COc1ccc(C(C#N)(CCCN(CCC[C@@](C#N)(c2ccc(OC)c(OC)c2)C(C)C)N=O)C(C)C)cc1OC. The molecule has 9 heteroatoms. The van der Waals surface area contributed by atoms with E-state index in [1.165, 1.54) is 5.01 Å². The molecule has 0 radical (unpaired) electrons. The number of hydrogen-bond donors (Lipinski definition) is 0. The summed E-state index contributed by atoms with van der Waals surface area (Å²) in [5.74, 6) is 2.39. The van der Waals surface area contributed by atoms with Crippen molar-refractivity contribution in [2.45, 2.75) is 64.2 Å². The largest absolute Gasteiger partial charge is 0.493 e. The first-order valence-electron chi connectivity index (χ1n) is 14.0. The summed E-state index contributed by atoms with van der Waals surface area (Å²) in [6, 6.07) is 16.3. The molecule has 0 spiro atoms. The highest BCUT2D eigenvalue weighted by Crippen LogP contribution is 2.42. The second-order valence-corrected chi connectivity index (χ2v) is 10.9. The Morgan fingerprint density at radius 3 is 1.34 bits per heavy atom. The van der Waals surface area contributed by atoms with Crippen LogP contribution in [-0.2, 0) is 10.8 Å². The predicted octanol–water partition coefficient (Wildman–Crippen LogP) is 6.80. The van der Waals surface area contributed by atoms with Crippen LogP contribution in [0.5, 0.6) is 23.0 Å². The van der Waals surface area contributed by atoms with Gasteiger partial charge in [0.15, 0.2) is 23.0 Å². The number of nitroso groups, excluding NO2 is 1. The number of nitrogens with zero attached hydrogens (tertiary/aromatic N) is 4. The van der Waals surface area contributed by atoms with Crippen molar-refractivity contribution in [2.75, 3.05) is 41.5 Å². The summed E-state index contributed by atoms with van der Waals surface area (Å²) >= 11 is 0. The van der Waals surface area contributed by atoms with Gasteiger partial charge in [0, 0.05) is 13.1 Å². The van der Waals surface area contributed by atoms with Gasteiger partial charge in [-0.2, -0.15) is 10.5 Å². The normalized spacial score (nSPS) is 13.9. The van der Waals surface area contributed by atoms with Crippen LogP contribution in [0.3, 0.4) is 0 Å². The van der Waals surface area contributed by atoms with Crippen molar-refractivity contribution in [3.05, 3.63) is 52.4 Å². The molecule has 0 saturated carbocycles. The first kappa shape index (κ1) is 33.2. The molecule has 2 aromatic carbocycles. The molecule has 0 amide bonds. The lowest BCUT2D eigenvalue weighted by Gasteiger charge is -2.33. The maximum absolute atomic E-state index is 11.8. The lowest BCUT2D eigenvalue weighted by molar-refractivity contribution is 0.240. The summed E-state index contributed by atoms with van der Waals surface area (Å²) in [6.45, 7) is 8.91. The van der Waals surface area contributed by atoms with Crippen LogP contribution in [0.2, 0.25) is 0 Å². The topological polar surface area (TPSA) is 117 Å². The quantitative estimate of drug-likeness (QED) is 0.152. The van der Waals surface area contributed by atoms with Gasteiger partial charge in [-0.15, -0.1) is 4.91 Å². The molecule has 0 fully saturated rings. The van der Waals surface area contributed by atoms with Gasteiger partial charge in [-0.3, -0.25) is 5.01 Å². The lowest BCUT2D eigenvalue weighted by Crippen LogP contribution is -2.33. The average molecular weight is 565 g/mol. The van der Waals surface area contributed by atoms with Crippen molar-refractivity contribution >= 4 is 0 Å². The fraction of sp³-hybridized carbons (Fsp3) is 0.562. The monoisotopic (exact) mass is 564 g/mol. The third-order valence-corrected chi connectivity index (χ3v) is 8.26. The number of benzene rings is 2. The van der Waals surface area contributed by atoms with Gasteiger partial charge >= 0.3 is 0 Å². The molecule has 222 valence electrons. The van der Waals surface area contributed by atoms with E-state index in [9.17, 15) is 15.4 Å². The Morgan fingerprint density at radius 2 is 1.07 bits per heavy atom. The van der Waals surface area contributed by atoms with Crippen LogP contribution >= 0.6 is 0 Å². The average Bonchev–Trinajstić information content (AvgIpc) is 2.99. The van der Waals surface area contributed by atoms with Gasteiger partial charge in [0.2, 0.25) is 0 Å². The fourth-order valence-corrected chi connectivity index (χ4v) is 5.53. The number of nitriles is 2. The first-order valence-corrected chi connectivity index (χ1v) is 14.0. The summed E-state index contributed by atoms with van der Waals surface area (Å²) in [5, 5.41) is 25.4. The van der Waals surface area contributed by atoms with E-state index in [4.69, 9.17) is 18.9 Å². The third kappa shape index (κ3) is 7.21. The van der Waals surface area contributed by atoms with Gasteiger partial charge in [0.25, 0.3) is 0 Å². The van der Waals surface area contributed by atoms with E-state index in [2.05, 4.69) is 17.4 Å². The second kappa shape index (κ2) is 15.1. The van der Waals surface area contributed by atoms with Crippen molar-refractivity contribution in [1.29, 1.82) is 10.5 Å². The molecule has 0 aliphatic heterocycles. The van der Waals surface area contributed by atoms with E-state index >= 15 is 0 Å². The molecule has 0 saturated heterocycles. The Hall–Kier alpha value is -3.98. The van der Waals surface area contributed by atoms with Crippen LogP contribution in [0.25, 0.3) is 0 Å². The number of rotatable bonds is 17. The van der Waals surface area contributed by atoms with Crippen molar-refractivity contribution in [1.82, 2.24) is 5.01 Å². The van der Waals surface area contributed by atoms with Crippen molar-refractivity contribution in [3.63, 3.8) is 0 Å². The molecule has 0 aliphatic carbocycles. The summed E-state index contributed by atoms with van der Waals surface area (Å²) < 4.78 is 21.7. The van der Waals surface area contributed by atoms with Gasteiger partial charge in [-0.25, -0.2) is 0 Å². The molecule has 0 N–H and O–H groups in total. The predicted molar refractivity (Wildman–Crippen MR) is 159 cm³/mol. The molecule has 2 aromatic rings. The highest BCUT2D eigenvalue weighted by Gasteiger charge is 2.38. The van der Waals surface area contributed by atoms with E-state index in [0.29, 0.717) is 61.8 Å². The molecule has 41 heavy (non-hydrogen) atoms. The minimum Gasteiger partial charge on any atom is -0.493 e. The van der Waals surface area contributed by atoms with Crippen molar-refractivity contribution in [2.24, 2.45) is 17.1 Å². The van der Waals surface area contributed by atoms with E-state index in [0.717, 1.165) is 11.1 Å². The molecule has 2 rings (SSSR count). The Kier molecular flexibility index (Phi) is 12.3. The highest BCUT2D eigenvalue weighted by molar-refractivity contribution is 5.48. The van der Waals surface area contributed by atoms with Crippen molar-refractivity contribution < 1.29 is 18.9 Å². The van der Waals surface area contributed by atoms with Crippen LogP contribution in [0.1, 0.15) is 64.5 Å². The molecule has 0 heterocycles. The summed E-state index contributed by atoms with van der Waals surface area (Å²) in [6.07, 6.45) is 2.27. The van der Waals surface area contributed by atoms with Gasteiger partial charge in [0.1, 0.15) is 0 Å². The molecular formula is C32H44N4O5. The maximum atomic E-state index is 11.8. The summed E-state index contributed by atoms with van der Waals surface area (Å²) in [5.41, 5.74) is 0.164. The van der Waals surface area contributed by atoms with Crippen LogP contribution in [0, 0.1) is 39.4 Å². The molecule has 9 nitrogen and oxygen atoms in total. The van der Waals surface area contributed by atoms with Gasteiger partial charge in [0.05, 0.1) is 56.7 Å². The first-order chi connectivity index (χ1) is 19.6. The Labute approximate surface area is 244 Å². The van der Waals surface area contributed by atoms with E-state index in [1.54, 1.807) is 28.4 Å². The zero-order chi connectivity index (χ0) is 30.6. The lowest BCUT2D eigenvalue weighted by atomic mass is 9.69. The minimum absolute atomic E-state index is 0.0204. The van der Waals surface area contributed by atoms with Crippen LogP contribution in [0.4, 0.5) is 0 Å². The third-order valence-electron chi connectivity index (χ3n) is 8.26. The smallest absolute Gasteiger partial charge is 0.161 e. The van der Waals surface area contributed by atoms with Crippen LogP contribution in [0.15, 0.2) is 41.7 Å². The Balaban J connectivity index is 2.15. The molecule has 0 aliphatic rings. The zero-order valence-corrected chi connectivity index (χ0v) is 25.7. The summed E-state index contributed by atoms with van der Waals surface area (Å²) in [4.78, 5) is 11.8. The van der Waals surface area contributed by atoms with Crippen LogP contribution < -0.4 is 18.9 Å². The number of hydrogen-bond acceptors (Lipinski definition) is 8. The highest BCUT2D eigenvalue weighted by atomic mass is 16.5. The van der Waals surface area contributed by atoms with Crippen molar-refractivity contribution in [3.8, 4) is 35.1 Å². The standard InChI is InChI=1S/C32H44N4O5/c1-23(2)31(21-33,25-11-13-27(38-5)29(19-25)40-7)15-9-17-36(35-37)18-10-16-32(22-34,24(3)4)26-12-14-28(39-6)30(20-26)41-8/h11-14,19-20,23-24H,9-10,15-18H2,1-8H3/t31-,32?/m0/s1. The number of ether oxygens (including phenoxy) is 4. The zero-order valence-electron chi connectivity index (χ0n) is 25.7. The second-order valence-electron chi connectivity index (χ2n) is 10.9. The Bertz CT molecular complexity index is 1140. The molecule has 0 aromatic heterocycles. The number of methoxy groups -OCH3 is 4. The minimum atomic E-state index is -0.769. The van der Waals surface area contributed by atoms with Crippen LogP contribution in [-0.4, -0.2) is 46.5 Å².